The van der Waals surface area contributed by atoms with Crippen molar-refractivity contribution >= 4 is 49.9 Å². The Balaban J connectivity index is 1.83. The highest BCUT2D eigenvalue weighted by molar-refractivity contribution is 14.1. The van der Waals surface area contributed by atoms with Crippen LogP contribution in [0.15, 0.2) is 84.3 Å². The van der Waals surface area contributed by atoms with Crippen LogP contribution in [0.3, 0.4) is 0 Å². The average molecular weight is 561 g/mol. The van der Waals surface area contributed by atoms with Crippen molar-refractivity contribution in [3.8, 4) is 0 Å². The van der Waals surface area contributed by atoms with E-state index in [0.717, 1.165) is 24.6 Å². The zero-order valence-electron chi connectivity index (χ0n) is 17.8. The Morgan fingerprint density at radius 1 is 0.969 bits per heavy atom. The van der Waals surface area contributed by atoms with Gasteiger partial charge < -0.3 is 0 Å². The SMILES string of the molecule is C=C(NNC(=O)CN(c1ccc(C)cc1C)S(=O)(=O)c1ccccc1)c1ccc(I)cc1. The van der Waals surface area contributed by atoms with E-state index in [1.54, 1.807) is 24.3 Å². The lowest BCUT2D eigenvalue weighted by Gasteiger charge is -2.26. The molecule has 3 aromatic carbocycles. The van der Waals surface area contributed by atoms with Crippen LogP contribution in [0.25, 0.3) is 5.70 Å². The van der Waals surface area contributed by atoms with Crippen LogP contribution in [-0.2, 0) is 14.8 Å². The van der Waals surface area contributed by atoms with Crippen LogP contribution >= 0.6 is 22.6 Å². The highest BCUT2D eigenvalue weighted by Gasteiger charge is 2.28. The van der Waals surface area contributed by atoms with Gasteiger partial charge in [0.2, 0.25) is 0 Å². The molecule has 6 nitrogen and oxygen atoms in total. The summed E-state index contributed by atoms with van der Waals surface area (Å²) in [7, 11) is -3.96. The first-order valence-electron chi connectivity index (χ1n) is 9.83. The Morgan fingerprint density at radius 2 is 1.62 bits per heavy atom. The summed E-state index contributed by atoms with van der Waals surface area (Å²) in [6.07, 6.45) is 0. The standard InChI is InChI=1S/C24H24IN3O3S/c1-17-9-14-23(18(2)15-17)28(32(30,31)22-7-5-4-6-8-22)16-24(29)27-26-19(3)20-10-12-21(25)13-11-20/h4-15,26H,3,16H2,1-2H3,(H,27,29). The van der Waals surface area contributed by atoms with Gasteiger partial charge in [-0.2, -0.15) is 0 Å². The molecule has 3 aromatic rings. The summed E-state index contributed by atoms with van der Waals surface area (Å²) in [6.45, 7) is 7.28. The van der Waals surface area contributed by atoms with Crippen LogP contribution in [0.5, 0.6) is 0 Å². The number of rotatable bonds is 8. The van der Waals surface area contributed by atoms with Gasteiger partial charge in [0.25, 0.3) is 15.9 Å². The number of hydrazine groups is 1. The molecule has 0 radical (unpaired) electrons. The van der Waals surface area contributed by atoms with Gasteiger partial charge in [0.1, 0.15) is 6.54 Å². The summed E-state index contributed by atoms with van der Waals surface area (Å²) in [5.74, 6) is -0.517. The monoisotopic (exact) mass is 561 g/mol. The first-order valence-corrected chi connectivity index (χ1v) is 12.3. The number of nitrogens with one attached hydrogen (secondary N) is 2. The molecule has 0 spiro atoms. The maximum Gasteiger partial charge on any atom is 0.264 e. The Hall–Kier alpha value is -2.85. The molecule has 0 aliphatic rings. The molecule has 0 aromatic heterocycles. The van der Waals surface area contributed by atoms with E-state index < -0.39 is 22.5 Å². The maximum atomic E-state index is 13.4. The quantitative estimate of drug-likeness (QED) is 0.316. The Morgan fingerprint density at radius 3 is 2.25 bits per heavy atom. The summed E-state index contributed by atoms with van der Waals surface area (Å²) in [5.41, 5.74) is 8.85. The summed E-state index contributed by atoms with van der Waals surface area (Å²) in [6, 6.07) is 21.1. The molecule has 166 valence electrons. The van der Waals surface area contributed by atoms with Crippen molar-refractivity contribution in [3.05, 3.63) is 99.6 Å². The van der Waals surface area contributed by atoms with E-state index in [4.69, 9.17) is 0 Å². The molecule has 1 amide bonds. The lowest BCUT2D eigenvalue weighted by Crippen LogP contribution is -2.45. The van der Waals surface area contributed by atoms with Crippen molar-refractivity contribution in [2.75, 3.05) is 10.8 Å². The number of hydrogen-bond acceptors (Lipinski definition) is 4. The van der Waals surface area contributed by atoms with Crippen molar-refractivity contribution in [2.45, 2.75) is 18.7 Å². The number of nitrogens with zero attached hydrogens (tertiary/aromatic N) is 1. The molecular weight excluding hydrogens is 537 g/mol. The molecule has 2 N–H and O–H groups in total. The predicted molar refractivity (Wildman–Crippen MR) is 136 cm³/mol. The molecule has 0 saturated heterocycles. The van der Waals surface area contributed by atoms with Crippen molar-refractivity contribution in [2.24, 2.45) is 0 Å². The highest BCUT2D eigenvalue weighted by Crippen LogP contribution is 2.27. The number of halogens is 1. The fraction of sp³-hybridized carbons (Fsp3) is 0.125. The normalized spacial score (nSPS) is 11.0. The number of anilines is 1. The van der Waals surface area contributed by atoms with Crippen molar-refractivity contribution < 1.29 is 13.2 Å². The Bertz CT molecular complexity index is 1230. The number of carbonyl (C=O) groups is 1. The summed E-state index contributed by atoms with van der Waals surface area (Å²) in [5, 5.41) is 0. The van der Waals surface area contributed by atoms with Crippen LogP contribution in [0, 0.1) is 17.4 Å². The van der Waals surface area contributed by atoms with Crippen molar-refractivity contribution in [1.82, 2.24) is 10.9 Å². The van der Waals surface area contributed by atoms with E-state index >= 15 is 0 Å². The van der Waals surface area contributed by atoms with Gasteiger partial charge in [-0.25, -0.2) is 8.42 Å². The van der Waals surface area contributed by atoms with E-state index in [2.05, 4.69) is 40.0 Å². The van der Waals surface area contributed by atoms with E-state index in [0.29, 0.717) is 11.4 Å². The Kier molecular flexibility index (Phi) is 7.57. The topological polar surface area (TPSA) is 78.5 Å². The maximum absolute atomic E-state index is 13.4. The number of hydrogen-bond donors (Lipinski definition) is 2. The lowest BCUT2D eigenvalue weighted by atomic mass is 10.1. The first-order chi connectivity index (χ1) is 15.2. The number of sulfonamides is 1. The smallest absolute Gasteiger partial charge is 0.264 e. The van der Waals surface area contributed by atoms with Crippen LogP contribution < -0.4 is 15.2 Å². The lowest BCUT2D eigenvalue weighted by molar-refractivity contribution is -0.120. The molecule has 0 saturated carbocycles. The van der Waals surface area contributed by atoms with E-state index in [9.17, 15) is 13.2 Å². The van der Waals surface area contributed by atoms with Crippen LogP contribution in [0.1, 0.15) is 16.7 Å². The minimum atomic E-state index is -3.96. The van der Waals surface area contributed by atoms with Gasteiger partial charge in [-0.3, -0.25) is 20.0 Å². The zero-order chi connectivity index (χ0) is 23.3. The fourth-order valence-corrected chi connectivity index (χ4v) is 5.01. The third-order valence-electron chi connectivity index (χ3n) is 4.78. The molecule has 0 bridgehead atoms. The molecule has 8 heteroatoms. The molecule has 32 heavy (non-hydrogen) atoms. The van der Waals surface area contributed by atoms with Gasteiger partial charge in [-0.05, 0) is 77.9 Å². The summed E-state index contributed by atoms with van der Waals surface area (Å²) < 4.78 is 29.0. The minimum Gasteiger partial charge on any atom is -0.299 e. The molecule has 0 aliphatic carbocycles. The van der Waals surface area contributed by atoms with E-state index in [-0.39, 0.29) is 4.90 Å². The minimum absolute atomic E-state index is 0.115. The number of amides is 1. The molecule has 0 heterocycles. The zero-order valence-corrected chi connectivity index (χ0v) is 20.8. The average Bonchev–Trinajstić information content (AvgIpc) is 2.77. The molecule has 0 unspecified atom stereocenters. The first kappa shape index (κ1) is 23.8. The highest BCUT2D eigenvalue weighted by atomic mass is 127. The van der Waals surface area contributed by atoms with E-state index in [1.165, 1.54) is 12.1 Å². The second-order valence-electron chi connectivity index (χ2n) is 7.27. The Labute approximate surface area is 202 Å². The van der Waals surface area contributed by atoms with Gasteiger partial charge in [0, 0.05) is 3.57 Å². The predicted octanol–water partition coefficient (Wildman–Crippen LogP) is 4.40. The van der Waals surface area contributed by atoms with E-state index in [1.807, 2.05) is 50.2 Å². The number of aryl methyl sites for hydroxylation is 2. The van der Waals surface area contributed by atoms with Gasteiger partial charge >= 0.3 is 0 Å². The van der Waals surface area contributed by atoms with Crippen molar-refractivity contribution in [1.29, 1.82) is 0 Å². The third-order valence-corrected chi connectivity index (χ3v) is 7.28. The molecular formula is C24H24IN3O3S. The summed E-state index contributed by atoms with van der Waals surface area (Å²) >= 11 is 2.20. The number of benzene rings is 3. The second kappa shape index (κ2) is 10.2. The molecule has 0 aliphatic heterocycles. The van der Waals surface area contributed by atoms with Gasteiger partial charge in [0.15, 0.2) is 0 Å². The van der Waals surface area contributed by atoms with Crippen LogP contribution in [-0.4, -0.2) is 20.9 Å². The van der Waals surface area contributed by atoms with Crippen LogP contribution in [0.2, 0.25) is 0 Å². The van der Waals surface area contributed by atoms with Gasteiger partial charge in [-0.15, -0.1) is 0 Å². The molecule has 3 rings (SSSR count). The summed E-state index contributed by atoms with van der Waals surface area (Å²) in [4.78, 5) is 12.9. The van der Waals surface area contributed by atoms with Crippen molar-refractivity contribution in [3.63, 3.8) is 0 Å². The van der Waals surface area contributed by atoms with Gasteiger partial charge in [-0.1, -0.05) is 54.6 Å². The molecule has 0 atom stereocenters. The molecule has 0 fully saturated rings. The largest absolute Gasteiger partial charge is 0.299 e. The second-order valence-corrected chi connectivity index (χ2v) is 10.4. The van der Waals surface area contributed by atoms with Gasteiger partial charge in [0.05, 0.1) is 16.3 Å². The van der Waals surface area contributed by atoms with Crippen LogP contribution in [0.4, 0.5) is 5.69 Å². The number of carbonyl (C=O) groups excluding carboxylic acids is 1. The fourth-order valence-electron chi connectivity index (χ4n) is 3.14. The third kappa shape index (κ3) is 5.68.